The zero-order valence-corrected chi connectivity index (χ0v) is 21.2. The molecule has 0 spiro atoms. The molecule has 182 valence electrons. The molecule has 2 aromatic heterocycles. The topological polar surface area (TPSA) is 62.7 Å². The van der Waals surface area contributed by atoms with Gasteiger partial charge in [-0.2, -0.15) is 0 Å². The molecule has 1 aliphatic heterocycles. The highest BCUT2D eigenvalue weighted by Gasteiger charge is 2.34. The minimum absolute atomic E-state index is 0.0118. The summed E-state index contributed by atoms with van der Waals surface area (Å²) in [6.07, 6.45) is 2.11. The molecule has 1 aliphatic rings. The molecule has 0 aliphatic carbocycles. The molecule has 1 aromatic carbocycles. The Bertz CT molecular complexity index is 1120. The molecule has 0 bridgehead atoms. The zero-order chi connectivity index (χ0) is 24.1. The summed E-state index contributed by atoms with van der Waals surface area (Å²) in [7, 11) is 1.59. The van der Waals surface area contributed by atoms with Crippen LogP contribution in [-0.4, -0.2) is 53.5 Å². The summed E-state index contributed by atoms with van der Waals surface area (Å²) in [6.45, 7) is 4.38. The predicted octanol–water partition coefficient (Wildman–Crippen LogP) is 6.22. The van der Waals surface area contributed by atoms with Gasteiger partial charge in [0.2, 0.25) is 0 Å². The highest BCUT2D eigenvalue weighted by molar-refractivity contribution is 8.01. The Morgan fingerprint density at radius 1 is 1.35 bits per heavy atom. The van der Waals surface area contributed by atoms with Gasteiger partial charge < -0.3 is 14.7 Å². The molecule has 3 heterocycles. The maximum Gasteiger partial charge on any atom is 0.308 e. The SMILES string of the molecule is COc1ccc2nccc([C@@H](F)CC[C@@H]3CCN(CCSc4ccc(C)s4)C[C@@H]3C(=O)O)c2c1. The number of carboxylic acid groups (broad SMARTS) is 1. The Morgan fingerprint density at radius 3 is 2.94 bits per heavy atom. The number of alkyl halides is 1. The molecule has 1 fully saturated rings. The van der Waals surface area contributed by atoms with Crippen molar-refractivity contribution in [2.24, 2.45) is 11.8 Å². The van der Waals surface area contributed by atoms with Crippen molar-refractivity contribution in [3.63, 3.8) is 0 Å². The largest absolute Gasteiger partial charge is 0.497 e. The van der Waals surface area contributed by atoms with Gasteiger partial charge in [0.25, 0.3) is 0 Å². The second kappa shape index (κ2) is 11.5. The molecule has 3 aromatic rings. The smallest absolute Gasteiger partial charge is 0.308 e. The number of aliphatic carboxylic acids is 1. The summed E-state index contributed by atoms with van der Waals surface area (Å²) in [4.78, 5) is 19.9. The number of nitrogens with zero attached hydrogens (tertiary/aromatic N) is 2. The number of fused-ring (bicyclic) bond motifs is 1. The Hall–Kier alpha value is -2.16. The van der Waals surface area contributed by atoms with Crippen LogP contribution in [0.4, 0.5) is 4.39 Å². The van der Waals surface area contributed by atoms with Crippen LogP contribution in [0.2, 0.25) is 0 Å². The van der Waals surface area contributed by atoms with E-state index in [1.54, 1.807) is 30.7 Å². The van der Waals surface area contributed by atoms with E-state index in [4.69, 9.17) is 4.74 Å². The summed E-state index contributed by atoms with van der Waals surface area (Å²) in [5, 5.41) is 10.6. The van der Waals surface area contributed by atoms with Gasteiger partial charge in [-0.25, -0.2) is 4.39 Å². The number of hydrogen-bond donors (Lipinski definition) is 1. The lowest BCUT2D eigenvalue weighted by Gasteiger charge is -2.36. The molecule has 0 unspecified atom stereocenters. The third kappa shape index (κ3) is 6.09. The van der Waals surface area contributed by atoms with E-state index in [9.17, 15) is 9.90 Å². The number of aromatic nitrogens is 1. The number of carbonyl (C=O) groups is 1. The molecule has 34 heavy (non-hydrogen) atoms. The third-order valence-corrected chi connectivity index (χ3v) is 8.84. The monoisotopic (exact) mass is 502 g/mol. The van der Waals surface area contributed by atoms with Crippen molar-refractivity contribution in [2.45, 2.75) is 36.6 Å². The van der Waals surface area contributed by atoms with Crippen molar-refractivity contribution in [3.8, 4) is 5.75 Å². The van der Waals surface area contributed by atoms with Crippen LogP contribution in [0.15, 0.2) is 46.8 Å². The summed E-state index contributed by atoms with van der Waals surface area (Å²) >= 11 is 3.62. The van der Waals surface area contributed by atoms with Crippen molar-refractivity contribution < 1.29 is 19.0 Å². The summed E-state index contributed by atoms with van der Waals surface area (Å²) < 4.78 is 22.0. The number of ether oxygens (including phenoxy) is 1. The Labute approximate surface area is 208 Å². The number of aryl methyl sites for hydroxylation is 1. The molecule has 0 radical (unpaired) electrons. The van der Waals surface area contributed by atoms with E-state index >= 15 is 4.39 Å². The van der Waals surface area contributed by atoms with Gasteiger partial charge >= 0.3 is 5.97 Å². The first kappa shape index (κ1) is 24.9. The normalized spacial score (nSPS) is 19.9. The minimum atomic E-state index is -1.17. The predicted molar refractivity (Wildman–Crippen MR) is 137 cm³/mol. The van der Waals surface area contributed by atoms with Crippen LogP contribution in [-0.2, 0) is 4.79 Å². The molecule has 1 saturated heterocycles. The lowest BCUT2D eigenvalue weighted by Crippen LogP contribution is -2.44. The second-order valence-electron chi connectivity index (χ2n) is 8.84. The summed E-state index contributed by atoms with van der Waals surface area (Å²) in [5.41, 5.74) is 1.32. The number of benzene rings is 1. The fraction of sp³-hybridized carbons (Fsp3) is 0.462. The highest BCUT2D eigenvalue weighted by atomic mass is 32.2. The van der Waals surface area contributed by atoms with Gasteiger partial charge in [0.1, 0.15) is 11.9 Å². The van der Waals surface area contributed by atoms with E-state index < -0.39 is 18.1 Å². The number of thiophene rings is 1. The molecule has 3 atom stereocenters. The first-order chi connectivity index (χ1) is 16.4. The average molecular weight is 503 g/mol. The highest BCUT2D eigenvalue weighted by Crippen LogP contribution is 2.35. The van der Waals surface area contributed by atoms with Crippen LogP contribution in [0.1, 0.15) is 35.9 Å². The fourth-order valence-electron chi connectivity index (χ4n) is 4.72. The lowest BCUT2D eigenvalue weighted by atomic mass is 9.81. The molecular weight excluding hydrogens is 471 g/mol. The lowest BCUT2D eigenvalue weighted by molar-refractivity contribution is -0.146. The van der Waals surface area contributed by atoms with Crippen molar-refractivity contribution in [1.29, 1.82) is 0 Å². The van der Waals surface area contributed by atoms with E-state index in [0.717, 1.165) is 36.2 Å². The number of piperidine rings is 1. The second-order valence-corrected chi connectivity index (χ2v) is 11.5. The number of halogens is 1. The molecule has 5 nitrogen and oxygen atoms in total. The molecule has 8 heteroatoms. The Balaban J connectivity index is 1.33. The maximum atomic E-state index is 15.4. The number of methoxy groups -OCH3 is 1. The van der Waals surface area contributed by atoms with Crippen molar-refractivity contribution in [1.82, 2.24) is 9.88 Å². The van der Waals surface area contributed by atoms with Crippen LogP contribution in [0.3, 0.4) is 0 Å². The zero-order valence-electron chi connectivity index (χ0n) is 19.6. The van der Waals surface area contributed by atoms with Crippen LogP contribution in [0.5, 0.6) is 5.75 Å². The van der Waals surface area contributed by atoms with Crippen LogP contribution >= 0.6 is 23.1 Å². The van der Waals surface area contributed by atoms with Crippen LogP contribution in [0, 0.1) is 18.8 Å². The van der Waals surface area contributed by atoms with Crippen LogP contribution < -0.4 is 4.74 Å². The number of pyridine rings is 1. The molecular formula is C26H31FN2O3S2. The molecule has 1 N–H and O–H groups in total. The van der Waals surface area contributed by atoms with Gasteiger partial charge in [-0.05, 0) is 80.6 Å². The molecule has 0 amide bonds. The average Bonchev–Trinajstić information content (AvgIpc) is 3.26. The van der Waals surface area contributed by atoms with Gasteiger partial charge in [0.15, 0.2) is 0 Å². The van der Waals surface area contributed by atoms with Crippen LogP contribution in [0.25, 0.3) is 10.9 Å². The van der Waals surface area contributed by atoms with Crippen molar-refractivity contribution in [2.75, 3.05) is 32.5 Å². The van der Waals surface area contributed by atoms with Gasteiger partial charge in [0.05, 0.1) is 22.8 Å². The van der Waals surface area contributed by atoms with E-state index in [-0.39, 0.29) is 5.92 Å². The Kier molecular flexibility index (Phi) is 8.45. The van der Waals surface area contributed by atoms with Gasteiger partial charge in [-0.1, -0.05) is 0 Å². The van der Waals surface area contributed by atoms with E-state index in [0.29, 0.717) is 30.7 Å². The Morgan fingerprint density at radius 2 is 2.21 bits per heavy atom. The van der Waals surface area contributed by atoms with E-state index in [1.165, 1.54) is 9.09 Å². The van der Waals surface area contributed by atoms with Gasteiger partial charge in [-0.3, -0.25) is 9.78 Å². The number of rotatable bonds is 10. The first-order valence-corrected chi connectivity index (χ1v) is 13.5. The van der Waals surface area contributed by atoms with Crippen molar-refractivity contribution >= 4 is 40.0 Å². The van der Waals surface area contributed by atoms with Gasteiger partial charge in [0, 0.05) is 35.3 Å². The van der Waals surface area contributed by atoms with E-state index in [2.05, 4.69) is 28.9 Å². The number of likely N-dealkylation sites (tertiary alicyclic amines) is 1. The first-order valence-electron chi connectivity index (χ1n) is 11.7. The quantitative estimate of drug-likeness (QED) is 0.332. The fourth-order valence-corrected chi connectivity index (χ4v) is 6.91. The number of hydrogen-bond acceptors (Lipinski definition) is 6. The standard InChI is InChI=1S/C26H31FN2O3S2/c1-17-3-8-25(34-17)33-14-13-29-12-10-18(22(16-29)26(30)31)4-6-23(27)20-9-11-28-24-7-5-19(32-2)15-21(20)24/h3,5,7-9,11,15,18,22-23H,4,6,10,12-14,16H2,1-2H3,(H,30,31)/t18-,22+,23+/m1/s1. The summed E-state index contributed by atoms with van der Waals surface area (Å²) in [5.74, 6) is 0.374. The minimum Gasteiger partial charge on any atom is -0.497 e. The van der Waals surface area contributed by atoms with Gasteiger partial charge in [-0.15, -0.1) is 23.1 Å². The molecule has 4 rings (SSSR count). The van der Waals surface area contributed by atoms with Crippen molar-refractivity contribution in [3.05, 3.63) is 53.0 Å². The van der Waals surface area contributed by atoms with E-state index in [1.807, 2.05) is 30.0 Å². The maximum absolute atomic E-state index is 15.4. The molecule has 0 saturated carbocycles. The third-order valence-electron chi connectivity index (χ3n) is 6.64. The summed E-state index contributed by atoms with van der Waals surface area (Å²) in [6, 6.07) is 11.5. The number of thioether (sulfide) groups is 1. The number of carboxylic acids is 1.